The van der Waals surface area contributed by atoms with Crippen molar-refractivity contribution in [2.45, 2.75) is 33.6 Å². The van der Waals surface area contributed by atoms with Crippen molar-refractivity contribution >= 4 is 11.9 Å². The number of carbonyl (C=O) groups excluding carboxylic acids is 2. The molecule has 0 N–H and O–H groups in total. The lowest BCUT2D eigenvalue weighted by Crippen LogP contribution is -2.40. The summed E-state index contributed by atoms with van der Waals surface area (Å²) in [6.07, 6.45) is 1.33. The molecule has 1 fully saturated rings. The number of esters is 1. The second-order valence-electron chi connectivity index (χ2n) is 5.15. The van der Waals surface area contributed by atoms with Gasteiger partial charge in [0.25, 0.3) is 5.91 Å². The van der Waals surface area contributed by atoms with E-state index in [9.17, 15) is 9.59 Å². The Labute approximate surface area is 118 Å². The monoisotopic (exact) mass is 279 g/mol. The fourth-order valence-corrected chi connectivity index (χ4v) is 2.59. The molecule has 1 aliphatic rings. The van der Waals surface area contributed by atoms with Gasteiger partial charge in [0.1, 0.15) is 11.5 Å². The Bertz CT molecular complexity index is 498. The molecular weight excluding hydrogens is 258 g/mol. The molecule has 1 aromatic rings. The third-order valence-corrected chi connectivity index (χ3v) is 3.67. The highest BCUT2D eigenvalue weighted by atomic mass is 16.5. The van der Waals surface area contributed by atoms with Crippen LogP contribution < -0.4 is 0 Å². The molecular formula is C15H21NO4. The van der Waals surface area contributed by atoms with Gasteiger partial charge in [0, 0.05) is 13.1 Å². The van der Waals surface area contributed by atoms with E-state index in [-0.39, 0.29) is 17.8 Å². The second-order valence-corrected chi connectivity index (χ2v) is 5.15. The molecule has 0 radical (unpaired) electrons. The molecule has 5 heteroatoms. The first-order chi connectivity index (χ1) is 9.52. The average molecular weight is 279 g/mol. The van der Waals surface area contributed by atoms with Gasteiger partial charge in [-0.2, -0.15) is 0 Å². The van der Waals surface area contributed by atoms with Crippen molar-refractivity contribution in [2.24, 2.45) is 5.92 Å². The van der Waals surface area contributed by atoms with Crippen LogP contribution in [0.4, 0.5) is 0 Å². The fourth-order valence-electron chi connectivity index (χ4n) is 2.59. The van der Waals surface area contributed by atoms with Gasteiger partial charge < -0.3 is 14.1 Å². The van der Waals surface area contributed by atoms with Crippen molar-refractivity contribution < 1.29 is 18.7 Å². The molecule has 0 bridgehead atoms. The first-order valence-corrected chi connectivity index (χ1v) is 7.05. The number of piperidine rings is 1. The predicted molar refractivity (Wildman–Crippen MR) is 73.4 cm³/mol. The molecule has 0 spiro atoms. The van der Waals surface area contributed by atoms with Gasteiger partial charge >= 0.3 is 5.97 Å². The highest BCUT2D eigenvalue weighted by Gasteiger charge is 2.29. The molecule has 5 nitrogen and oxygen atoms in total. The normalized spacial score (nSPS) is 16.2. The van der Waals surface area contributed by atoms with Crippen LogP contribution in [0.15, 0.2) is 10.5 Å². The molecule has 110 valence electrons. The minimum atomic E-state index is -0.144. The molecule has 1 saturated heterocycles. The van der Waals surface area contributed by atoms with E-state index >= 15 is 0 Å². The number of ether oxygens (including phenoxy) is 1. The number of hydrogen-bond acceptors (Lipinski definition) is 4. The van der Waals surface area contributed by atoms with Crippen LogP contribution in [0.5, 0.6) is 0 Å². The number of furan rings is 1. The molecule has 2 rings (SSSR count). The Balaban J connectivity index is 1.95. The summed E-state index contributed by atoms with van der Waals surface area (Å²) in [7, 11) is 0. The maximum Gasteiger partial charge on any atom is 0.309 e. The Morgan fingerprint density at radius 3 is 2.50 bits per heavy atom. The van der Waals surface area contributed by atoms with Crippen LogP contribution in [0, 0.1) is 19.8 Å². The number of rotatable bonds is 3. The van der Waals surface area contributed by atoms with Gasteiger partial charge in [-0.1, -0.05) is 0 Å². The largest absolute Gasteiger partial charge is 0.466 e. The zero-order valence-corrected chi connectivity index (χ0v) is 12.3. The van der Waals surface area contributed by atoms with Crippen LogP contribution in [-0.2, 0) is 9.53 Å². The van der Waals surface area contributed by atoms with Crippen molar-refractivity contribution in [1.29, 1.82) is 0 Å². The Kier molecular flexibility index (Phi) is 4.47. The van der Waals surface area contributed by atoms with E-state index in [0.717, 1.165) is 5.76 Å². The quantitative estimate of drug-likeness (QED) is 0.797. The van der Waals surface area contributed by atoms with Gasteiger partial charge in [-0.15, -0.1) is 0 Å². The Morgan fingerprint density at radius 2 is 2.00 bits per heavy atom. The number of nitrogens with zero attached hydrogens (tertiary/aromatic N) is 1. The van der Waals surface area contributed by atoms with Gasteiger partial charge in [0.05, 0.1) is 18.1 Å². The molecule has 1 aliphatic heterocycles. The molecule has 0 unspecified atom stereocenters. The zero-order chi connectivity index (χ0) is 14.7. The van der Waals surface area contributed by atoms with E-state index in [4.69, 9.17) is 9.15 Å². The third kappa shape index (κ3) is 3.03. The van der Waals surface area contributed by atoms with Crippen molar-refractivity contribution in [1.82, 2.24) is 4.90 Å². The van der Waals surface area contributed by atoms with E-state index in [2.05, 4.69) is 0 Å². The lowest BCUT2D eigenvalue weighted by atomic mass is 9.96. The summed E-state index contributed by atoms with van der Waals surface area (Å²) in [5.74, 6) is 1.16. The minimum absolute atomic E-state index is 0.0124. The lowest BCUT2D eigenvalue weighted by molar-refractivity contribution is -0.149. The van der Waals surface area contributed by atoms with Crippen LogP contribution in [-0.4, -0.2) is 36.5 Å². The summed E-state index contributed by atoms with van der Waals surface area (Å²) in [6, 6.07) is 1.77. The minimum Gasteiger partial charge on any atom is -0.466 e. The maximum atomic E-state index is 12.4. The second kappa shape index (κ2) is 6.11. The third-order valence-electron chi connectivity index (χ3n) is 3.67. The first-order valence-electron chi connectivity index (χ1n) is 7.05. The first kappa shape index (κ1) is 14.6. The van der Waals surface area contributed by atoms with Gasteiger partial charge in [-0.05, 0) is 39.7 Å². The highest BCUT2D eigenvalue weighted by molar-refractivity contribution is 5.95. The summed E-state index contributed by atoms with van der Waals surface area (Å²) in [4.78, 5) is 25.8. The number of hydrogen-bond donors (Lipinski definition) is 0. The van der Waals surface area contributed by atoms with E-state index in [0.29, 0.717) is 43.9 Å². The van der Waals surface area contributed by atoms with E-state index < -0.39 is 0 Å². The van der Waals surface area contributed by atoms with Crippen LogP contribution in [0.3, 0.4) is 0 Å². The number of amides is 1. The van der Waals surface area contributed by atoms with Crippen molar-refractivity contribution in [3.05, 3.63) is 23.2 Å². The summed E-state index contributed by atoms with van der Waals surface area (Å²) in [5.41, 5.74) is 0.622. The summed E-state index contributed by atoms with van der Waals surface area (Å²) in [6.45, 7) is 7.02. The molecule has 20 heavy (non-hydrogen) atoms. The Hall–Kier alpha value is -1.78. The molecule has 1 aromatic heterocycles. The van der Waals surface area contributed by atoms with Crippen LogP contribution in [0.1, 0.15) is 41.6 Å². The average Bonchev–Trinajstić information content (AvgIpc) is 2.77. The lowest BCUT2D eigenvalue weighted by Gasteiger charge is -2.30. The van der Waals surface area contributed by atoms with Crippen molar-refractivity contribution in [2.75, 3.05) is 19.7 Å². The van der Waals surface area contributed by atoms with Crippen molar-refractivity contribution in [3.63, 3.8) is 0 Å². The summed E-state index contributed by atoms with van der Waals surface area (Å²) in [5, 5.41) is 0. The van der Waals surface area contributed by atoms with Gasteiger partial charge in [-0.3, -0.25) is 9.59 Å². The zero-order valence-electron chi connectivity index (χ0n) is 12.3. The molecule has 0 saturated carbocycles. The number of aryl methyl sites for hydroxylation is 2. The fraction of sp³-hybridized carbons (Fsp3) is 0.600. The number of carbonyl (C=O) groups is 2. The molecule has 0 aliphatic carbocycles. The summed E-state index contributed by atoms with van der Waals surface area (Å²) >= 11 is 0. The van der Waals surface area contributed by atoms with Crippen LogP contribution in [0.25, 0.3) is 0 Å². The number of likely N-dealkylation sites (tertiary alicyclic amines) is 1. The van der Waals surface area contributed by atoms with Crippen LogP contribution in [0.2, 0.25) is 0 Å². The summed E-state index contributed by atoms with van der Waals surface area (Å²) < 4.78 is 10.4. The molecule has 0 aromatic carbocycles. The van der Waals surface area contributed by atoms with Crippen molar-refractivity contribution in [3.8, 4) is 0 Å². The topological polar surface area (TPSA) is 59.8 Å². The Morgan fingerprint density at radius 1 is 1.35 bits per heavy atom. The predicted octanol–water partition coefficient (Wildman–Crippen LogP) is 2.31. The standard InChI is InChI=1S/C15H21NO4/c1-4-19-15(18)12-5-7-16(8-6-12)14(17)13-9-10(2)20-11(13)3/h9,12H,4-8H2,1-3H3. The molecule has 1 amide bonds. The van der Waals surface area contributed by atoms with Crippen LogP contribution >= 0.6 is 0 Å². The van der Waals surface area contributed by atoms with E-state index in [1.54, 1.807) is 24.8 Å². The smallest absolute Gasteiger partial charge is 0.309 e. The molecule has 0 atom stereocenters. The van der Waals surface area contributed by atoms with E-state index in [1.807, 2.05) is 6.92 Å². The van der Waals surface area contributed by atoms with Gasteiger partial charge in [0.15, 0.2) is 0 Å². The maximum absolute atomic E-state index is 12.4. The van der Waals surface area contributed by atoms with E-state index in [1.165, 1.54) is 0 Å². The van der Waals surface area contributed by atoms with Gasteiger partial charge in [0.2, 0.25) is 0 Å². The molecule has 2 heterocycles. The SMILES string of the molecule is CCOC(=O)C1CCN(C(=O)c2cc(C)oc2C)CC1. The van der Waals surface area contributed by atoms with Gasteiger partial charge in [-0.25, -0.2) is 0 Å². The highest BCUT2D eigenvalue weighted by Crippen LogP contribution is 2.22.